The topological polar surface area (TPSA) is 107 Å². The van der Waals surface area contributed by atoms with Crippen molar-refractivity contribution >= 4 is 49.3 Å². The summed E-state index contributed by atoms with van der Waals surface area (Å²) in [6, 6.07) is 19.3. The SMILES string of the molecule is Cc1ccc(S(=O)(=O)N[C@@H]2CNC(=O)c3[nH]c4ccccc4c3[C@H]2c2c[nH]c3ccc(Cl)cc23)cc1. The van der Waals surface area contributed by atoms with Gasteiger partial charge in [0.15, 0.2) is 0 Å². The van der Waals surface area contributed by atoms with Crippen LogP contribution in [0.2, 0.25) is 5.02 Å². The number of para-hydroxylation sites is 1. The van der Waals surface area contributed by atoms with Crippen LogP contribution in [0.4, 0.5) is 0 Å². The summed E-state index contributed by atoms with van der Waals surface area (Å²) in [4.78, 5) is 19.9. The number of carbonyl (C=O) groups is 1. The quantitative estimate of drug-likeness (QED) is 0.273. The number of carbonyl (C=O) groups excluding carboxylic acids is 1. The van der Waals surface area contributed by atoms with Gasteiger partial charge in [-0.2, -0.15) is 0 Å². The molecule has 2 atom stereocenters. The zero-order valence-electron chi connectivity index (χ0n) is 19.3. The van der Waals surface area contributed by atoms with E-state index >= 15 is 0 Å². The highest BCUT2D eigenvalue weighted by Gasteiger charge is 2.38. The van der Waals surface area contributed by atoms with Crippen molar-refractivity contribution in [2.24, 2.45) is 0 Å². The summed E-state index contributed by atoms with van der Waals surface area (Å²) in [5.74, 6) is -0.761. The Morgan fingerprint density at radius 1 is 0.972 bits per heavy atom. The van der Waals surface area contributed by atoms with Crippen molar-refractivity contribution < 1.29 is 13.2 Å². The molecule has 0 fully saturated rings. The van der Waals surface area contributed by atoms with E-state index in [9.17, 15) is 13.2 Å². The summed E-state index contributed by atoms with van der Waals surface area (Å²) in [7, 11) is -3.88. The Labute approximate surface area is 212 Å². The molecule has 6 rings (SSSR count). The summed E-state index contributed by atoms with van der Waals surface area (Å²) in [5.41, 5.74) is 4.67. The molecule has 0 bridgehead atoms. The maximum absolute atomic E-state index is 13.5. The van der Waals surface area contributed by atoms with E-state index in [1.165, 1.54) is 0 Å². The molecule has 0 saturated carbocycles. The lowest BCUT2D eigenvalue weighted by molar-refractivity contribution is 0.0950. The molecule has 0 unspecified atom stereocenters. The summed E-state index contributed by atoms with van der Waals surface area (Å²) in [6.07, 6.45) is 1.88. The monoisotopic (exact) mass is 518 g/mol. The van der Waals surface area contributed by atoms with E-state index in [1.807, 2.05) is 49.5 Å². The Morgan fingerprint density at radius 3 is 2.56 bits per heavy atom. The number of nitrogens with one attached hydrogen (secondary N) is 4. The van der Waals surface area contributed by atoms with Crippen LogP contribution in [-0.4, -0.2) is 36.9 Å². The Morgan fingerprint density at radius 2 is 1.75 bits per heavy atom. The number of hydrogen-bond donors (Lipinski definition) is 4. The van der Waals surface area contributed by atoms with Crippen LogP contribution in [0.1, 0.15) is 33.1 Å². The van der Waals surface area contributed by atoms with Gasteiger partial charge in [-0.05, 0) is 54.4 Å². The third-order valence-corrected chi connectivity index (χ3v) is 8.56. The van der Waals surface area contributed by atoms with Crippen molar-refractivity contribution in [2.45, 2.75) is 23.8 Å². The van der Waals surface area contributed by atoms with Crippen LogP contribution in [-0.2, 0) is 10.0 Å². The van der Waals surface area contributed by atoms with E-state index in [2.05, 4.69) is 20.0 Å². The Bertz CT molecular complexity index is 1740. The highest BCUT2D eigenvalue weighted by molar-refractivity contribution is 7.89. The molecule has 7 nitrogen and oxygen atoms in total. The molecule has 1 aliphatic rings. The number of sulfonamides is 1. The Balaban J connectivity index is 1.57. The predicted octanol–water partition coefficient (Wildman–Crippen LogP) is 4.83. The summed E-state index contributed by atoms with van der Waals surface area (Å²) >= 11 is 6.35. The van der Waals surface area contributed by atoms with Gasteiger partial charge in [0.2, 0.25) is 10.0 Å². The number of aromatic nitrogens is 2. The van der Waals surface area contributed by atoms with Gasteiger partial charge in [-0.3, -0.25) is 4.79 Å². The third kappa shape index (κ3) is 3.78. The molecule has 0 spiro atoms. The standard InChI is InChI=1S/C27H23ClN4O3S/c1-15-6-9-17(10-7-15)36(34,35)32-23-14-30-27(33)26-25(18-4-2-3-5-22(18)31-26)24(23)20-13-29-21-11-8-16(28)12-19(20)21/h2-13,23-24,29,31-32H,14H2,1H3,(H,30,33)/t23-,24+/m1/s1. The number of amides is 1. The maximum Gasteiger partial charge on any atom is 0.268 e. The molecule has 0 saturated heterocycles. The van der Waals surface area contributed by atoms with E-state index in [0.717, 1.165) is 38.5 Å². The smallest absolute Gasteiger partial charge is 0.268 e. The average Bonchev–Trinajstić information content (AvgIpc) is 3.41. The molecule has 5 aromatic rings. The first-order valence-electron chi connectivity index (χ1n) is 11.6. The second-order valence-electron chi connectivity index (χ2n) is 9.12. The van der Waals surface area contributed by atoms with Gasteiger partial charge in [0.05, 0.1) is 10.9 Å². The Kier molecular flexibility index (Phi) is 5.40. The van der Waals surface area contributed by atoms with Gasteiger partial charge in [0.25, 0.3) is 5.91 Å². The third-order valence-electron chi connectivity index (χ3n) is 6.82. The lowest BCUT2D eigenvalue weighted by Gasteiger charge is -2.26. The van der Waals surface area contributed by atoms with Crippen molar-refractivity contribution in [1.29, 1.82) is 0 Å². The molecule has 9 heteroatoms. The van der Waals surface area contributed by atoms with Crippen LogP contribution in [0, 0.1) is 6.92 Å². The number of halogens is 1. The first-order chi connectivity index (χ1) is 17.3. The van der Waals surface area contributed by atoms with Crippen molar-refractivity contribution in [2.75, 3.05) is 6.54 Å². The van der Waals surface area contributed by atoms with Crippen LogP contribution >= 0.6 is 11.6 Å². The summed E-state index contributed by atoms with van der Waals surface area (Å²) in [6.45, 7) is 2.01. The molecule has 1 amide bonds. The number of benzene rings is 3. The van der Waals surface area contributed by atoms with E-state index in [-0.39, 0.29) is 17.3 Å². The molecule has 2 aromatic heterocycles. The fourth-order valence-corrected chi connectivity index (χ4v) is 6.53. The second kappa shape index (κ2) is 8.51. The fraction of sp³-hybridized carbons (Fsp3) is 0.148. The second-order valence-corrected chi connectivity index (χ2v) is 11.3. The molecule has 4 N–H and O–H groups in total. The van der Waals surface area contributed by atoms with Crippen LogP contribution in [0.25, 0.3) is 21.8 Å². The molecule has 3 aromatic carbocycles. The van der Waals surface area contributed by atoms with E-state index in [0.29, 0.717) is 10.7 Å². The maximum atomic E-state index is 13.5. The molecule has 1 aliphatic heterocycles. The summed E-state index contributed by atoms with van der Waals surface area (Å²) in [5, 5.41) is 5.22. The minimum absolute atomic E-state index is 0.110. The van der Waals surface area contributed by atoms with E-state index in [4.69, 9.17) is 11.6 Å². The molecule has 0 aliphatic carbocycles. The first kappa shape index (κ1) is 22.8. The first-order valence-corrected chi connectivity index (χ1v) is 13.4. The number of hydrogen-bond acceptors (Lipinski definition) is 3. The van der Waals surface area contributed by atoms with Gasteiger partial charge in [0, 0.05) is 45.5 Å². The lowest BCUT2D eigenvalue weighted by Crippen LogP contribution is -2.45. The highest BCUT2D eigenvalue weighted by atomic mass is 35.5. The van der Waals surface area contributed by atoms with Crippen molar-refractivity contribution in [3.8, 4) is 0 Å². The molecular weight excluding hydrogens is 496 g/mol. The fourth-order valence-electron chi connectivity index (χ4n) is 5.11. The zero-order chi connectivity index (χ0) is 25.0. The number of H-pyrrole nitrogens is 2. The minimum atomic E-state index is -3.88. The van der Waals surface area contributed by atoms with Crippen molar-refractivity contribution in [3.63, 3.8) is 0 Å². The van der Waals surface area contributed by atoms with Crippen LogP contribution < -0.4 is 10.0 Å². The molecular formula is C27H23ClN4O3S. The largest absolute Gasteiger partial charge is 0.361 e. The molecule has 36 heavy (non-hydrogen) atoms. The highest BCUT2D eigenvalue weighted by Crippen LogP contribution is 2.41. The van der Waals surface area contributed by atoms with Crippen LogP contribution in [0.15, 0.2) is 77.8 Å². The molecule has 182 valence electrons. The predicted molar refractivity (Wildman–Crippen MR) is 141 cm³/mol. The minimum Gasteiger partial charge on any atom is -0.361 e. The number of aromatic amines is 2. The van der Waals surface area contributed by atoms with Gasteiger partial charge < -0.3 is 15.3 Å². The van der Waals surface area contributed by atoms with E-state index in [1.54, 1.807) is 30.3 Å². The van der Waals surface area contributed by atoms with Gasteiger partial charge in [0.1, 0.15) is 5.69 Å². The normalized spacial score (nSPS) is 18.2. The zero-order valence-corrected chi connectivity index (χ0v) is 20.9. The van der Waals surface area contributed by atoms with Crippen molar-refractivity contribution in [3.05, 3.63) is 100 Å². The van der Waals surface area contributed by atoms with Crippen molar-refractivity contribution in [1.82, 2.24) is 20.0 Å². The molecule has 0 radical (unpaired) electrons. The van der Waals surface area contributed by atoms with E-state index < -0.39 is 22.0 Å². The average molecular weight is 519 g/mol. The van der Waals surface area contributed by atoms with Gasteiger partial charge in [-0.15, -0.1) is 0 Å². The van der Waals surface area contributed by atoms with Crippen LogP contribution in [0.3, 0.4) is 0 Å². The summed E-state index contributed by atoms with van der Waals surface area (Å²) < 4.78 is 29.9. The van der Waals surface area contributed by atoms with Gasteiger partial charge >= 0.3 is 0 Å². The number of rotatable bonds is 4. The van der Waals surface area contributed by atoms with Gasteiger partial charge in [-0.1, -0.05) is 47.5 Å². The Hall–Kier alpha value is -3.59. The number of fused-ring (bicyclic) bond motifs is 4. The van der Waals surface area contributed by atoms with Gasteiger partial charge in [-0.25, -0.2) is 13.1 Å². The van der Waals surface area contributed by atoms with Crippen LogP contribution in [0.5, 0.6) is 0 Å². The lowest BCUT2D eigenvalue weighted by atomic mass is 9.84. The number of aryl methyl sites for hydroxylation is 1. The molecule has 3 heterocycles.